The molecule has 6 heteroatoms. The van der Waals surface area contributed by atoms with Gasteiger partial charge < -0.3 is 14.9 Å². The third-order valence-electron chi connectivity index (χ3n) is 4.23. The summed E-state index contributed by atoms with van der Waals surface area (Å²) in [4.78, 5) is 36.5. The van der Waals surface area contributed by atoms with E-state index in [0.29, 0.717) is 11.3 Å². The SMILES string of the molecule is COc1cccc2c1C(=O)c1ccc(/C=C(/C)CC(=O)O)c(O)c1C2=O. The predicted molar refractivity (Wildman–Crippen MR) is 93.9 cm³/mol. The molecule has 6 nitrogen and oxygen atoms in total. The Kier molecular flexibility index (Phi) is 4.34. The monoisotopic (exact) mass is 352 g/mol. The Labute approximate surface area is 149 Å². The zero-order valence-electron chi connectivity index (χ0n) is 14.2. The molecule has 0 bridgehead atoms. The van der Waals surface area contributed by atoms with E-state index in [4.69, 9.17) is 9.84 Å². The van der Waals surface area contributed by atoms with Crippen molar-refractivity contribution in [3.05, 3.63) is 63.7 Å². The number of fused-ring (bicyclic) bond motifs is 2. The highest BCUT2D eigenvalue weighted by atomic mass is 16.5. The van der Waals surface area contributed by atoms with Crippen LogP contribution in [0.15, 0.2) is 35.9 Å². The number of carbonyl (C=O) groups is 3. The molecule has 0 aromatic heterocycles. The minimum Gasteiger partial charge on any atom is -0.507 e. The number of carboxylic acid groups (broad SMARTS) is 1. The van der Waals surface area contributed by atoms with E-state index < -0.39 is 17.5 Å². The zero-order valence-corrected chi connectivity index (χ0v) is 14.2. The Bertz CT molecular complexity index is 984. The van der Waals surface area contributed by atoms with Crippen LogP contribution in [0.5, 0.6) is 11.5 Å². The number of hydrogen-bond donors (Lipinski definition) is 2. The lowest BCUT2D eigenvalue weighted by Crippen LogP contribution is -2.22. The normalized spacial score (nSPS) is 13.2. The molecule has 0 fully saturated rings. The topological polar surface area (TPSA) is 101 Å². The second-order valence-corrected chi connectivity index (χ2v) is 6.03. The average molecular weight is 352 g/mol. The van der Waals surface area contributed by atoms with Crippen molar-refractivity contribution in [1.82, 2.24) is 0 Å². The van der Waals surface area contributed by atoms with Crippen LogP contribution in [0.25, 0.3) is 6.08 Å². The van der Waals surface area contributed by atoms with Crippen molar-refractivity contribution in [2.24, 2.45) is 0 Å². The van der Waals surface area contributed by atoms with E-state index in [1.54, 1.807) is 19.1 Å². The van der Waals surface area contributed by atoms with Crippen LogP contribution in [-0.4, -0.2) is 34.9 Å². The highest BCUT2D eigenvalue weighted by Crippen LogP contribution is 2.38. The van der Waals surface area contributed by atoms with E-state index in [-0.39, 0.29) is 40.0 Å². The maximum atomic E-state index is 12.9. The van der Waals surface area contributed by atoms with Crippen molar-refractivity contribution in [1.29, 1.82) is 0 Å². The molecule has 0 saturated carbocycles. The summed E-state index contributed by atoms with van der Waals surface area (Å²) in [6.45, 7) is 1.61. The Morgan fingerprint density at radius 2 is 1.73 bits per heavy atom. The lowest BCUT2D eigenvalue weighted by atomic mass is 9.82. The summed E-state index contributed by atoms with van der Waals surface area (Å²) >= 11 is 0. The molecule has 0 amide bonds. The summed E-state index contributed by atoms with van der Waals surface area (Å²) in [5, 5.41) is 19.4. The van der Waals surface area contributed by atoms with E-state index in [2.05, 4.69) is 0 Å². The summed E-state index contributed by atoms with van der Waals surface area (Å²) in [5.41, 5.74) is 1.15. The van der Waals surface area contributed by atoms with E-state index in [0.717, 1.165) is 0 Å². The molecule has 2 aromatic rings. The third-order valence-corrected chi connectivity index (χ3v) is 4.23. The molecule has 0 spiro atoms. The predicted octanol–water partition coefficient (Wildman–Crippen LogP) is 3.05. The Morgan fingerprint density at radius 1 is 1.08 bits per heavy atom. The highest BCUT2D eigenvalue weighted by Gasteiger charge is 2.34. The van der Waals surface area contributed by atoms with Gasteiger partial charge in [-0.3, -0.25) is 14.4 Å². The zero-order chi connectivity index (χ0) is 19.0. The fourth-order valence-electron chi connectivity index (χ4n) is 3.09. The molecule has 132 valence electrons. The Morgan fingerprint density at radius 3 is 2.38 bits per heavy atom. The van der Waals surface area contributed by atoms with Gasteiger partial charge in [-0.1, -0.05) is 29.8 Å². The van der Waals surface area contributed by atoms with Crippen LogP contribution in [-0.2, 0) is 4.79 Å². The van der Waals surface area contributed by atoms with Crippen LogP contribution >= 0.6 is 0 Å². The summed E-state index contributed by atoms with van der Waals surface area (Å²) in [6, 6.07) is 7.67. The van der Waals surface area contributed by atoms with Crippen LogP contribution in [0, 0.1) is 0 Å². The molecular formula is C20H16O6. The number of benzene rings is 2. The number of carbonyl (C=O) groups excluding carboxylic acids is 2. The number of rotatable bonds is 4. The van der Waals surface area contributed by atoms with Gasteiger partial charge in [0.1, 0.15) is 11.5 Å². The van der Waals surface area contributed by atoms with E-state index in [1.165, 1.54) is 31.4 Å². The molecule has 0 aliphatic heterocycles. The van der Waals surface area contributed by atoms with Gasteiger partial charge in [0.25, 0.3) is 0 Å². The molecule has 0 atom stereocenters. The number of ketones is 2. The van der Waals surface area contributed by atoms with Gasteiger partial charge in [-0.2, -0.15) is 0 Å². The van der Waals surface area contributed by atoms with Crippen LogP contribution in [0.4, 0.5) is 0 Å². The number of ether oxygens (including phenoxy) is 1. The van der Waals surface area contributed by atoms with Gasteiger partial charge in [-0.05, 0) is 19.1 Å². The van der Waals surface area contributed by atoms with Crippen LogP contribution in [0.1, 0.15) is 50.8 Å². The van der Waals surface area contributed by atoms with E-state index >= 15 is 0 Å². The fraction of sp³-hybridized carbons (Fsp3) is 0.150. The first-order chi connectivity index (χ1) is 12.3. The van der Waals surface area contributed by atoms with Crippen molar-refractivity contribution in [3.8, 4) is 11.5 Å². The first-order valence-electron chi connectivity index (χ1n) is 7.86. The third kappa shape index (κ3) is 2.75. The van der Waals surface area contributed by atoms with Crippen molar-refractivity contribution in [3.63, 3.8) is 0 Å². The molecular weight excluding hydrogens is 336 g/mol. The van der Waals surface area contributed by atoms with E-state index in [9.17, 15) is 19.5 Å². The van der Waals surface area contributed by atoms with Gasteiger partial charge in [-0.25, -0.2) is 0 Å². The molecule has 0 heterocycles. The van der Waals surface area contributed by atoms with Gasteiger partial charge in [0.15, 0.2) is 11.6 Å². The molecule has 2 N–H and O–H groups in total. The van der Waals surface area contributed by atoms with Gasteiger partial charge >= 0.3 is 5.97 Å². The molecule has 1 aliphatic carbocycles. The molecule has 3 rings (SSSR count). The summed E-state index contributed by atoms with van der Waals surface area (Å²) in [7, 11) is 1.42. The number of hydrogen-bond acceptors (Lipinski definition) is 5. The summed E-state index contributed by atoms with van der Waals surface area (Å²) in [5.74, 6) is -1.91. The largest absolute Gasteiger partial charge is 0.507 e. The minimum absolute atomic E-state index is 0.0763. The summed E-state index contributed by atoms with van der Waals surface area (Å²) < 4.78 is 5.19. The fourth-order valence-corrected chi connectivity index (χ4v) is 3.09. The standard InChI is InChI=1S/C20H16O6/c1-10(9-15(21)22)8-11-6-7-13-17(18(11)23)20(25)12-4-3-5-14(26-2)16(12)19(13)24/h3-8,23H,9H2,1-2H3,(H,21,22)/b10-8-. The van der Waals surface area contributed by atoms with Crippen LogP contribution in [0.2, 0.25) is 0 Å². The first-order valence-corrected chi connectivity index (χ1v) is 7.86. The van der Waals surface area contributed by atoms with Crippen molar-refractivity contribution < 1.29 is 29.3 Å². The van der Waals surface area contributed by atoms with Gasteiger partial charge in [0.05, 0.1) is 24.7 Å². The van der Waals surface area contributed by atoms with Crippen molar-refractivity contribution in [2.75, 3.05) is 7.11 Å². The number of aromatic hydroxyl groups is 1. The summed E-state index contributed by atoms with van der Waals surface area (Å²) in [6.07, 6.45) is 1.30. The van der Waals surface area contributed by atoms with Crippen LogP contribution < -0.4 is 4.74 Å². The quantitative estimate of drug-likeness (QED) is 0.748. The maximum absolute atomic E-state index is 12.9. The van der Waals surface area contributed by atoms with Crippen molar-refractivity contribution >= 4 is 23.6 Å². The average Bonchev–Trinajstić information content (AvgIpc) is 2.60. The molecule has 0 unspecified atom stereocenters. The Hall–Kier alpha value is -3.41. The number of phenols is 1. The second-order valence-electron chi connectivity index (χ2n) is 6.03. The van der Waals surface area contributed by atoms with Crippen molar-refractivity contribution in [2.45, 2.75) is 13.3 Å². The molecule has 0 saturated heterocycles. The second kappa shape index (κ2) is 6.48. The number of methoxy groups -OCH3 is 1. The minimum atomic E-state index is -0.997. The smallest absolute Gasteiger partial charge is 0.307 e. The van der Waals surface area contributed by atoms with Gasteiger partial charge in [0.2, 0.25) is 0 Å². The maximum Gasteiger partial charge on any atom is 0.307 e. The molecule has 1 aliphatic rings. The van der Waals surface area contributed by atoms with E-state index in [1.807, 2.05) is 0 Å². The Balaban J connectivity index is 2.17. The lowest BCUT2D eigenvalue weighted by Gasteiger charge is -2.21. The number of aliphatic carboxylic acids is 1. The van der Waals surface area contributed by atoms with Crippen LogP contribution in [0.3, 0.4) is 0 Å². The number of carboxylic acids is 1. The number of phenolic OH excluding ortho intramolecular Hbond substituents is 1. The molecule has 2 aromatic carbocycles. The van der Waals surface area contributed by atoms with Gasteiger partial charge in [0, 0.05) is 16.7 Å². The molecule has 26 heavy (non-hydrogen) atoms. The lowest BCUT2D eigenvalue weighted by molar-refractivity contribution is -0.136. The molecule has 0 radical (unpaired) electrons. The van der Waals surface area contributed by atoms with Gasteiger partial charge in [-0.15, -0.1) is 0 Å². The first kappa shape index (κ1) is 17.4. The highest BCUT2D eigenvalue weighted by molar-refractivity contribution is 6.30.